The van der Waals surface area contributed by atoms with E-state index in [-0.39, 0.29) is 18.7 Å². The van der Waals surface area contributed by atoms with E-state index in [9.17, 15) is 13.2 Å². The molecular formula is C30H41N5O5S. The van der Waals surface area contributed by atoms with Gasteiger partial charge in [0.15, 0.2) is 0 Å². The quantitative estimate of drug-likeness (QED) is 0.273. The summed E-state index contributed by atoms with van der Waals surface area (Å²) in [6.45, 7) is 11.8. The van der Waals surface area contributed by atoms with Crippen LogP contribution in [0.1, 0.15) is 41.5 Å². The number of carbonyl (C=O) groups excluding carboxylic acids is 1. The molecule has 1 amide bonds. The van der Waals surface area contributed by atoms with Crippen LogP contribution in [0, 0.1) is 0 Å². The molecule has 41 heavy (non-hydrogen) atoms. The fourth-order valence-electron chi connectivity index (χ4n) is 4.13. The van der Waals surface area contributed by atoms with Crippen molar-refractivity contribution in [1.29, 1.82) is 0 Å². The number of carbonyl (C=O) groups is 1. The van der Waals surface area contributed by atoms with Crippen molar-refractivity contribution < 1.29 is 22.7 Å². The molecule has 3 rings (SSSR count). The van der Waals surface area contributed by atoms with E-state index in [1.165, 1.54) is 0 Å². The minimum Gasteiger partial charge on any atom is -0.371 e. The molecule has 11 heteroatoms. The second kappa shape index (κ2) is 14.5. The van der Waals surface area contributed by atoms with Gasteiger partial charge in [0, 0.05) is 29.8 Å². The highest BCUT2D eigenvalue weighted by atomic mass is 32.2. The predicted octanol–water partition coefficient (Wildman–Crippen LogP) is 4.20. The maximum absolute atomic E-state index is 12.0. The van der Waals surface area contributed by atoms with E-state index in [1.807, 2.05) is 79.2 Å². The Morgan fingerprint density at radius 2 is 1.54 bits per heavy atom. The number of nitrogens with one attached hydrogen (secondary N) is 2. The van der Waals surface area contributed by atoms with E-state index < -0.39 is 28.3 Å². The number of nitrogens with zero attached hydrogens (tertiary/aromatic N) is 3. The highest BCUT2D eigenvalue weighted by Gasteiger charge is 2.23. The van der Waals surface area contributed by atoms with Crippen LogP contribution in [0.2, 0.25) is 0 Å². The summed E-state index contributed by atoms with van der Waals surface area (Å²) < 4.78 is 39.5. The summed E-state index contributed by atoms with van der Waals surface area (Å²) in [6.07, 6.45) is 1.80. The molecule has 0 unspecified atom stereocenters. The fourth-order valence-corrected chi connectivity index (χ4v) is 5.17. The van der Waals surface area contributed by atoms with E-state index in [2.05, 4.69) is 23.5 Å². The van der Waals surface area contributed by atoms with E-state index in [0.29, 0.717) is 13.2 Å². The lowest BCUT2D eigenvalue weighted by atomic mass is 10.0. The standard InChI is InChI=1S/C30H41N5O5S/c1-22(2)33-41(37,38)34-27(36)20-39-21-30(5,6)40-18-17-35(23(3)4)26-19-31-28(24-13-9-7-10-14-24)29(32-26)25-15-11-8-12-16-25/h7-16,19,22-23,33H,17-18,20-21H2,1-6H3,(H,34,36). The van der Waals surface area contributed by atoms with Gasteiger partial charge in [-0.25, -0.2) is 9.71 Å². The molecule has 1 heterocycles. The molecule has 10 nitrogen and oxygen atoms in total. The number of hydrogen-bond donors (Lipinski definition) is 2. The molecular weight excluding hydrogens is 542 g/mol. The summed E-state index contributed by atoms with van der Waals surface area (Å²) in [6, 6.07) is 19.8. The summed E-state index contributed by atoms with van der Waals surface area (Å²) >= 11 is 0. The Morgan fingerprint density at radius 1 is 0.951 bits per heavy atom. The van der Waals surface area contributed by atoms with Crippen LogP contribution in [0.25, 0.3) is 22.5 Å². The molecule has 0 saturated heterocycles. The summed E-state index contributed by atoms with van der Waals surface area (Å²) in [5.74, 6) is -0.0178. The van der Waals surface area contributed by atoms with E-state index in [0.717, 1.165) is 28.3 Å². The average molecular weight is 584 g/mol. The van der Waals surface area contributed by atoms with Crippen molar-refractivity contribution in [3.63, 3.8) is 0 Å². The van der Waals surface area contributed by atoms with Gasteiger partial charge in [-0.1, -0.05) is 60.7 Å². The normalized spacial score (nSPS) is 12.1. The van der Waals surface area contributed by atoms with Crippen molar-refractivity contribution in [2.75, 3.05) is 31.3 Å². The zero-order chi connectivity index (χ0) is 30.0. The summed E-state index contributed by atoms with van der Waals surface area (Å²) in [5.41, 5.74) is 2.88. The van der Waals surface area contributed by atoms with Crippen LogP contribution in [0.3, 0.4) is 0 Å². The predicted molar refractivity (Wildman–Crippen MR) is 162 cm³/mol. The Kier molecular flexibility index (Phi) is 11.4. The zero-order valence-corrected chi connectivity index (χ0v) is 25.4. The second-order valence-electron chi connectivity index (χ2n) is 10.8. The molecule has 1 aromatic heterocycles. The molecule has 0 atom stereocenters. The molecule has 0 bridgehead atoms. The minimum absolute atomic E-state index is 0.101. The Balaban J connectivity index is 1.64. The number of amides is 1. The fraction of sp³-hybridized carbons (Fsp3) is 0.433. The van der Waals surface area contributed by atoms with Crippen molar-refractivity contribution >= 4 is 21.9 Å². The maximum atomic E-state index is 12.0. The van der Waals surface area contributed by atoms with Crippen LogP contribution >= 0.6 is 0 Å². The van der Waals surface area contributed by atoms with Gasteiger partial charge in [-0.2, -0.15) is 13.1 Å². The van der Waals surface area contributed by atoms with Gasteiger partial charge in [0.2, 0.25) is 0 Å². The molecule has 0 aliphatic rings. The first-order valence-corrected chi connectivity index (χ1v) is 15.1. The van der Waals surface area contributed by atoms with Gasteiger partial charge >= 0.3 is 10.2 Å². The van der Waals surface area contributed by atoms with Gasteiger partial charge in [0.25, 0.3) is 5.91 Å². The van der Waals surface area contributed by atoms with Crippen LogP contribution in [-0.4, -0.2) is 68.3 Å². The van der Waals surface area contributed by atoms with Crippen LogP contribution in [0.15, 0.2) is 66.9 Å². The monoisotopic (exact) mass is 583 g/mol. The summed E-state index contributed by atoms with van der Waals surface area (Å²) in [7, 11) is -3.92. The van der Waals surface area contributed by atoms with E-state index in [1.54, 1.807) is 20.0 Å². The smallest absolute Gasteiger partial charge is 0.301 e. The zero-order valence-electron chi connectivity index (χ0n) is 24.6. The molecule has 0 radical (unpaired) electrons. The molecule has 0 saturated carbocycles. The van der Waals surface area contributed by atoms with Crippen LogP contribution in [0.5, 0.6) is 0 Å². The van der Waals surface area contributed by atoms with Crippen molar-refractivity contribution in [3.05, 3.63) is 66.9 Å². The van der Waals surface area contributed by atoms with E-state index in [4.69, 9.17) is 19.4 Å². The topological polar surface area (TPSA) is 123 Å². The number of aromatic nitrogens is 2. The van der Waals surface area contributed by atoms with Crippen molar-refractivity contribution in [2.24, 2.45) is 0 Å². The Labute approximate surface area is 243 Å². The lowest BCUT2D eigenvalue weighted by molar-refractivity contribution is -0.128. The molecule has 2 N–H and O–H groups in total. The van der Waals surface area contributed by atoms with Gasteiger partial charge < -0.3 is 14.4 Å². The largest absolute Gasteiger partial charge is 0.371 e. The highest BCUT2D eigenvalue weighted by Crippen LogP contribution is 2.30. The molecule has 0 aliphatic carbocycles. The van der Waals surface area contributed by atoms with Gasteiger partial charge in [0.05, 0.1) is 36.4 Å². The second-order valence-corrected chi connectivity index (χ2v) is 12.3. The van der Waals surface area contributed by atoms with E-state index >= 15 is 0 Å². The Morgan fingerprint density at radius 3 is 2.10 bits per heavy atom. The van der Waals surface area contributed by atoms with Crippen LogP contribution in [-0.2, 0) is 24.5 Å². The number of rotatable bonds is 15. The van der Waals surface area contributed by atoms with Gasteiger partial charge in [-0.3, -0.25) is 9.78 Å². The molecule has 0 aliphatic heterocycles. The lowest BCUT2D eigenvalue weighted by Crippen LogP contribution is -2.45. The average Bonchev–Trinajstić information content (AvgIpc) is 2.90. The molecule has 222 valence electrons. The van der Waals surface area contributed by atoms with Crippen LogP contribution in [0.4, 0.5) is 5.82 Å². The maximum Gasteiger partial charge on any atom is 0.301 e. The molecule has 3 aromatic rings. The van der Waals surface area contributed by atoms with Gasteiger partial charge in [0.1, 0.15) is 12.4 Å². The van der Waals surface area contributed by atoms with Crippen LogP contribution < -0.4 is 14.3 Å². The molecule has 0 fully saturated rings. The first-order chi connectivity index (χ1) is 19.4. The van der Waals surface area contributed by atoms with Crippen molar-refractivity contribution in [1.82, 2.24) is 19.4 Å². The number of hydrogen-bond acceptors (Lipinski definition) is 8. The number of anilines is 1. The Bertz CT molecular complexity index is 1370. The molecule has 2 aromatic carbocycles. The first kappa shape index (κ1) is 32.1. The number of ether oxygens (including phenoxy) is 2. The number of benzene rings is 2. The first-order valence-electron chi connectivity index (χ1n) is 13.7. The summed E-state index contributed by atoms with van der Waals surface area (Å²) in [4.78, 5) is 24.0. The minimum atomic E-state index is -3.92. The Hall–Kier alpha value is -3.38. The third-order valence-corrected chi connectivity index (χ3v) is 7.20. The van der Waals surface area contributed by atoms with Gasteiger partial charge in [-0.05, 0) is 41.5 Å². The molecule has 0 spiro atoms. The van der Waals surface area contributed by atoms with Gasteiger partial charge in [-0.15, -0.1) is 0 Å². The van der Waals surface area contributed by atoms with Crippen molar-refractivity contribution in [3.8, 4) is 22.5 Å². The SMILES string of the molecule is CC(C)NS(=O)(=O)NC(=O)COCC(C)(C)OCCN(c1cnc(-c2ccccc2)c(-c2ccccc2)n1)C(C)C. The lowest BCUT2D eigenvalue weighted by Gasteiger charge is -2.31. The third kappa shape index (κ3) is 10.2. The van der Waals surface area contributed by atoms with Crippen molar-refractivity contribution in [2.45, 2.75) is 59.2 Å². The highest BCUT2D eigenvalue weighted by molar-refractivity contribution is 7.88. The summed E-state index contributed by atoms with van der Waals surface area (Å²) in [5, 5.41) is 0. The third-order valence-electron chi connectivity index (χ3n) is 5.92.